The number of nitrogens with one attached hydrogen (secondary N) is 1. The minimum Gasteiger partial charge on any atom is -0.466 e. The average Bonchev–Trinajstić information content (AvgIpc) is 1.98. The van der Waals surface area contributed by atoms with Crippen molar-refractivity contribution in [1.82, 2.24) is 5.32 Å². The van der Waals surface area contributed by atoms with Crippen molar-refractivity contribution in [3.63, 3.8) is 0 Å². The van der Waals surface area contributed by atoms with Crippen molar-refractivity contribution in [2.75, 3.05) is 13.7 Å². The van der Waals surface area contributed by atoms with Gasteiger partial charge in [-0.15, -0.1) is 0 Å². The third kappa shape index (κ3) is 4.56. The fourth-order valence-corrected chi connectivity index (χ4v) is 0.544. The first-order valence-electron chi connectivity index (χ1n) is 3.57. The quantitative estimate of drug-likeness (QED) is 0.482. The van der Waals surface area contributed by atoms with Crippen molar-refractivity contribution in [3.05, 3.63) is 12.2 Å². The topological polar surface area (TPSA) is 38.3 Å². The lowest BCUT2D eigenvalue weighted by Gasteiger charge is -2.08. The molecule has 0 rings (SSSR count). The first-order chi connectivity index (χ1) is 5.07. The second-order valence-corrected chi connectivity index (χ2v) is 2.63. The van der Waals surface area contributed by atoms with Crippen molar-refractivity contribution in [2.45, 2.75) is 19.9 Å². The molecule has 0 bridgehead atoms. The average molecular weight is 157 g/mol. The largest absolute Gasteiger partial charge is 0.466 e. The Balaban J connectivity index is 3.61. The van der Waals surface area contributed by atoms with Crippen molar-refractivity contribution in [2.24, 2.45) is 0 Å². The molecule has 0 saturated carbocycles. The minimum atomic E-state index is -0.349. The van der Waals surface area contributed by atoms with Gasteiger partial charge in [0.1, 0.15) is 0 Å². The van der Waals surface area contributed by atoms with E-state index in [1.54, 1.807) is 0 Å². The van der Waals surface area contributed by atoms with E-state index in [4.69, 9.17) is 0 Å². The summed E-state index contributed by atoms with van der Waals surface area (Å²) in [7, 11) is 1.35. The smallest absolute Gasteiger partial charge is 0.334 e. The van der Waals surface area contributed by atoms with Gasteiger partial charge in [0.15, 0.2) is 0 Å². The summed E-state index contributed by atoms with van der Waals surface area (Å²) in [6.07, 6.45) is 0. The zero-order chi connectivity index (χ0) is 8.85. The molecule has 0 radical (unpaired) electrons. The lowest BCUT2D eigenvalue weighted by molar-refractivity contribution is -0.136. The number of carbonyl (C=O) groups excluding carboxylic acids is 1. The van der Waals surface area contributed by atoms with Crippen molar-refractivity contribution in [3.8, 4) is 0 Å². The molecule has 64 valence electrons. The molecule has 0 atom stereocenters. The number of esters is 1. The molecule has 0 amide bonds. The Morgan fingerprint density at radius 2 is 2.18 bits per heavy atom. The van der Waals surface area contributed by atoms with E-state index in [0.29, 0.717) is 18.2 Å². The third-order valence-electron chi connectivity index (χ3n) is 1.20. The molecule has 0 unspecified atom stereocenters. The number of carbonyl (C=O) groups is 1. The summed E-state index contributed by atoms with van der Waals surface area (Å²) in [5.74, 6) is -0.349. The predicted molar refractivity (Wildman–Crippen MR) is 44.3 cm³/mol. The van der Waals surface area contributed by atoms with Crippen molar-refractivity contribution in [1.29, 1.82) is 0 Å². The molecule has 0 aromatic carbocycles. The molecule has 11 heavy (non-hydrogen) atoms. The molecule has 0 saturated heterocycles. The Kier molecular flexibility index (Phi) is 4.54. The third-order valence-corrected chi connectivity index (χ3v) is 1.20. The molecule has 3 nitrogen and oxygen atoms in total. The molecule has 1 N–H and O–H groups in total. The van der Waals surface area contributed by atoms with Crippen LogP contribution in [0.5, 0.6) is 0 Å². The maximum Gasteiger partial charge on any atom is 0.334 e. The number of hydrogen-bond donors (Lipinski definition) is 1. The van der Waals surface area contributed by atoms with Crippen LogP contribution in [-0.4, -0.2) is 25.7 Å². The molecule has 0 aliphatic carbocycles. The molecule has 0 fully saturated rings. The Labute approximate surface area is 67.4 Å². The van der Waals surface area contributed by atoms with Crippen LogP contribution in [0.25, 0.3) is 0 Å². The lowest BCUT2D eigenvalue weighted by Crippen LogP contribution is -2.27. The van der Waals surface area contributed by atoms with Crippen LogP contribution in [-0.2, 0) is 9.53 Å². The summed E-state index contributed by atoms with van der Waals surface area (Å²) >= 11 is 0. The normalized spacial score (nSPS) is 9.82. The van der Waals surface area contributed by atoms with E-state index in [2.05, 4.69) is 16.6 Å². The summed E-state index contributed by atoms with van der Waals surface area (Å²) in [6, 6.07) is 0.358. The van der Waals surface area contributed by atoms with Crippen LogP contribution in [0.4, 0.5) is 0 Å². The molecule has 0 spiro atoms. The highest BCUT2D eigenvalue weighted by molar-refractivity contribution is 5.87. The molecule has 0 aliphatic heterocycles. The Morgan fingerprint density at radius 3 is 2.55 bits per heavy atom. The van der Waals surface area contributed by atoms with Gasteiger partial charge in [-0.25, -0.2) is 4.79 Å². The molecule has 3 heteroatoms. The van der Waals surface area contributed by atoms with Crippen LogP contribution in [0.3, 0.4) is 0 Å². The SMILES string of the molecule is C=C(CNC(C)C)C(=O)OC. The van der Waals surface area contributed by atoms with Gasteiger partial charge in [-0.3, -0.25) is 0 Å². The fraction of sp³-hybridized carbons (Fsp3) is 0.625. The molecular weight excluding hydrogens is 142 g/mol. The second-order valence-electron chi connectivity index (χ2n) is 2.63. The van der Waals surface area contributed by atoms with Gasteiger partial charge in [0.05, 0.1) is 7.11 Å². The number of hydrogen-bond acceptors (Lipinski definition) is 3. The summed E-state index contributed by atoms with van der Waals surface area (Å²) in [6.45, 7) is 8.06. The zero-order valence-electron chi connectivity index (χ0n) is 7.31. The summed E-state index contributed by atoms with van der Waals surface area (Å²) in [5, 5.41) is 3.06. The number of ether oxygens (including phenoxy) is 1. The van der Waals surface area contributed by atoms with E-state index >= 15 is 0 Å². The van der Waals surface area contributed by atoms with Crippen molar-refractivity contribution >= 4 is 5.97 Å². The van der Waals surface area contributed by atoms with Crippen molar-refractivity contribution < 1.29 is 9.53 Å². The van der Waals surface area contributed by atoms with E-state index in [1.807, 2.05) is 13.8 Å². The molecular formula is C8H15NO2. The Hall–Kier alpha value is -0.830. The van der Waals surface area contributed by atoms with Gasteiger partial charge < -0.3 is 10.1 Å². The molecule has 0 aliphatic rings. The van der Waals surface area contributed by atoms with Gasteiger partial charge in [-0.1, -0.05) is 20.4 Å². The van der Waals surface area contributed by atoms with Crippen LogP contribution in [0.2, 0.25) is 0 Å². The highest BCUT2D eigenvalue weighted by Gasteiger charge is 2.05. The first kappa shape index (κ1) is 10.2. The van der Waals surface area contributed by atoms with E-state index in [-0.39, 0.29) is 5.97 Å². The summed E-state index contributed by atoms with van der Waals surface area (Å²) in [5.41, 5.74) is 0.459. The van der Waals surface area contributed by atoms with Crippen LogP contribution in [0.15, 0.2) is 12.2 Å². The van der Waals surface area contributed by atoms with E-state index in [9.17, 15) is 4.79 Å². The molecule has 0 aromatic rings. The van der Waals surface area contributed by atoms with Gasteiger partial charge >= 0.3 is 5.97 Å². The minimum absolute atomic E-state index is 0.349. The van der Waals surface area contributed by atoms with Crippen LogP contribution >= 0.6 is 0 Å². The van der Waals surface area contributed by atoms with E-state index < -0.39 is 0 Å². The molecule has 0 aromatic heterocycles. The first-order valence-corrected chi connectivity index (χ1v) is 3.57. The van der Waals surface area contributed by atoms with Gasteiger partial charge in [0.2, 0.25) is 0 Å². The van der Waals surface area contributed by atoms with Gasteiger partial charge in [-0.2, -0.15) is 0 Å². The van der Waals surface area contributed by atoms with Crippen LogP contribution in [0, 0.1) is 0 Å². The van der Waals surface area contributed by atoms with Gasteiger partial charge in [-0.05, 0) is 0 Å². The summed E-state index contributed by atoms with van der Waals surface area (Å²) in [4.78, 5) is 10.8. The van der Waals surface area contributed by atoms with Gasteiger partial charge in [0.25, 0.3) is 0 Å². The standard InChI is InChI=1S/C8H15NO2/c1-6(2)9-5-7(3)8(10)11-4/h6,9H,3,5H2,1-2,4H3. The monoisotopic (exact) mass is 157 g/mol. The highest BCUT2D eigenvalue weighted by Crippen LogP contribution is 1.91. The molecule has 0 heterocycles. The second kappa shape index (κ2) is 4.91. The number of methoxy groups -OCH3 is 1. The fourth-order valence-electron chi connectivity index (χ4n) is 0.544. The Bertz CT molecular complexity index is 152. The van der Waals surface area contributed by atoms with E-state index in [0.717, 1.165) is 0 Å². The van der Waals surface area contributed by atoms with Gasteiger partial charge in [0, 0.05) is 18.2 Å². The predicted octanol–water partition coefficient (Wildman–Crippen LogP) is 0.714. The maximum atomic E-state index is 10.8. The van der Waals surface area contributed by atoms with E-state index in [1.165, 1.54) is 7.11 Å². The highest BCUT2D eigenvalue weighted by atomic mass is 16.5. The zero-order valence-corrected chi connectivity index (χ0v) is 7.31. The van der Waals surface area contributed by atoms with Crippen LogP contribution in [0.1, 0.15) is 13.8 Å². The lowest BCUT2D eigenvalue weighted by atomic mass is 10.3. The number of rotatable bonds is 4. The Morgan fingerprint density at radius 1 is 1.64 bits per heavy atom. The summed E-state index contributed by atoms with van der Waals surface area (Å²) < 4.78 is 4.47. The maximum absolute atomic E-state index is 10.8. The van der Waals surface area contributed by atoms with Crippen LogP contribution < -0.4 is 5.32 Å².